The highest BCUT2D eigenvalue weighted by atomic mass is 16.7. The fraction of sp³-hybridized carbons (Fsp3) is 0.778. The van der Waals surface area contributed by atoms with E-state index < -0.39 is 0 Å². The number of rotatable bonds is 3. The molecular weight excluding hydrogens is 156 g/mol. The van der Waals surface area contributed by atoms with Crippen molar-refractivity contribution in [2.45, 2.75) is 26.2 Å². The molecule has 0 spiro atoms. The van der Waals surface area contributed by atoms with Gasteiger partial charge in [-0.2, -0.15) is 0 Å². The molecule has 1 rings (SSSR count). The van der Waals surface area contributed by atoms with Gasteiger partial charge >= 0.3 is 0 Å². The lowest BCUT2D eigenvalue weighted by Gasteiger charge is -2.29. The summed E-state index contributed by atoms with van der Waals surface area (Å²) in [7, 11) is 0. The second kappa shape index (κ2) is 4.60. The van der Waals surface area contributed by atoms with E-state index in [4.69, 9.17) is 14.6 Å². The van der Waals surface area contributed by atoms with Gasteiger partial charge in [-0.15, -0.1) is 0 Å². The molecule has 3 atom stereocenters. The zero-order chi connectivity index (χ0) is 8.97. The van der Waals surface area contributed by atoms with E-state index in [2.05, 4.69) is 0 Å². The summed E-state index contributed by atoms with van der Waals surface area (Å²) in [5, 5.41) is 8.83. The van der Waals surface area contributed by atoms with Gasteiger partial charge in [0.15, 0.2) is 6.29 Å². The summed E-state index contributed by atoms with van der Waals surface area (Å²) in [6.45, 7) is 4.63. The maximum Gasteiger partial charge on any atom is 0.164 e. The minimum absolute atomic E-state index is 0.0206. The van der Waals surface area contributed by atoms with Gasteiger partial charge in [-0.25, -0.2) is 0 Å². The van der Waals surface area contributed by atoms with Crippen molar-refractivity contribution >= 4 is 0 Å². The Balaban J connectivity index is 2.47. The first kappa shape index (κ1) is 9.71. The molecule has 70 valence electrons. The highest BCUT2D eigenvalue weighted by molar-refractivity contribution is 4.98. The minimum atomic E-state index is -0.197. The summed E-state index contributed by atoms with van der Waals surface area (Å²) < 4.78 is 10.8. The van der Waals surface area contributed by atoms with Gasteiger partial charge in [0.25, 0.3) is 0 Å². The summed E-state index contributed by atoms with van der Waals surface area (Å²) >= 11 is 0. The lowest BCUT2D eigenvalue weighted by molar-refractivity contribution is -0.187. The molecule has 0 bridgehead atoms. The normalized spacial score (nSPS) is 35.4. The fourth-order valence-electron chi connectivity index (χ4n) is 1.19. The van der Waals surface area contributed by atoms with Crippen molar-refractivity contribution in [1.29, 1.82) is 0 Å². The molecule has 0 saturated carbocycles. The van der Waals surface area contributed by atoms with Crippen LogP contribution in [0.15, 0.2) is 12.2 Å². The Morgan fingerprint density at radius 3 is 2.83 bits per heavy atom. The van der Waals surface area contributed by atoms with Crippen molar-refractivity contribution in [1.82, 2.24) is 0 Å². The fourth-order valence-corrected chi connectivity index (χ4v) is 1.19. The lowest BCUT2D eigenvalue weighted by Crippen LogP contribution is -2.34. The van der Waals surface area contributed by atoms with E-state index in [9.17, 15) is 0 Å². The number of aliphatic hydroxyl groups is 1. The highest BCUT2D eigenvalue weighted by Crippen LogP contribution is 2.18. The monoisotopic (exact) mass is 172 g/mol. The van der Waals surface area contributed by atoms with Crippen LogP contribution in [0.1, 0.15) is 13.8 Å². The van der Waals surface area contributed by atoms with Crippen LogP contribution in [0.4, 0.5) is 0 Å². The number of ether oxygens (including phenoxy) is 2. The van der Waals surface area contributed by atoms with Crippen molar-refractivity contribution in [3.8, 4) is 0 Å². The standard InChI is InChI=1S/C9H16O3/c1-3-11-9-7(2)4-5-8(6-10)12-9/h4-5,7-10H,3,6H2,1-2H3/t7-,8-,9-/m1/s1. The van der Waals surface area contributed by atoms with E-state index in [1.807, 2.05) is 26.0 Å². The third-order valence-electron chi connectivity index (χ3n) is 1.88. The predicted octanol–water partition coefficient (Wildman–Crippen LogP) is 0.932. The van der Waals surface area contributed by atoms with Crippen molar-refractivity contribution in [3.05, 3.63) is 12.2 Å². The molecule has 0 amide bonds. The van der Waals surface area contributed by atoms with Crippen LogP contribution in [0, 0.1) is 5.92 Å². The van der Waals surface area contributed by atoms with Gasteiger partial charge in [-0.1, -0.05) is 19.1 Å². The zero-order valence-corrected chi connectivity index (χ0v) is 7.56. The molecule has 0 radical (unpaired) electrons. The van der Waals surface area contributed by atoms with Crippen molar-refractivity contribution in [3.63, 3.8) is 0 Å². The smallest absolute Gasteiger partial charge is 0.164 e. The first-order chi connectivity index (χ1) is 5.77. The van der Waals surface area contributed by atoms with E-state index >= 15 is 0 Å². The second-order valence-electron chi connectivity index (χ2n) is 2.92. The van der Waals surface area contributed by atoms with Crippen LogP contribution in [0.5, 0.6) is 0 Å². The summed E-state index contributed by atoms with van der Waals surface area (Å²) in [6, 6.07) is 0. The minimum Gasteiger partial charge on any atom is -0.393 e. The molecule has 1 heterocycles. The number of hydrogen-bond acceptors (Lipinski definition) is 3. The molecule has 3 nitrogen and oxygen atoms in total. The van der Waals surface area contributed by atoms with Gasteiger partial charge in [0.05, 0.1) is 6.61 Å². The first-order valence-corrected chi connectivity index (χ1v) is 4.34. The molecule has 0 aromatic carbocycles. The molecule has 0 fully saturated rings. The van der Waals surface area contributed by atoms with Crippen LogP contribution in [0.3, 0.4) is 0 Å². The number of aliphatic hydroxyl groups excluding tert-OH is 1. The van der Waals surface area contributed by atoms with Crippen molar-refractivity contribution < 1.29 is 14.6 Å². The van der Waals surface area contributed by atoms with Gasteiger partial charge in [0.1, 0.15) is 6.10 Å². The van der Waals surface area contributed by atoms with E-state index in [1.54, 1.807) is 0 Å². The maximum absolute atomic E-state index is 8.83. The Kier molecular flexibility index (Phi) is 3.72. The quantitative estimate of drug-likeness (QED) is 0.644. The number of hydrogen-bond donors (Lipinski definition) is 1. The molecule has 0 unspecified atom stereocenters. The Bertz CT molecular complexity index is 156. The van der Waals surface area contributed by atoms with E-state index in [1.165, 1.54) is 0 Å². The maximum atomic E-state index is 8.83. The third-order valence-corrected chi connectivity index (χ3v) is 1.88. The van der Waals surface area contributed by atoms with Gasteiger partial charge in [-0.05, 0) is 6.92 Å². The van der Waals surface area contributed by atoms with Crippen LogP contribution >= 0.6 is 0 Å². The topological polar surface area (TPSA) is 38.7 Å². The molecule has 1 aliphatic rings. The largest absolute Gasteiger partial charge is 0.393 e. The molecule has 3 heteroatoms. The molecule has 12 heavy (non-hydrogen) atoms. The zero-order valence-electron chi connectivity index (χ0n) is 7.56. The third kappa shape index (κ3) is 2.30. The van der Waals surface area contributed by atoms with Crippen molar-refractivity contribution in [2.75, 3.05) is 13.2 Å². The van der Waals surface area contributed by atoms with E-state index in [-0.39, 0.29) is 24.9 Å². The molecule has 0 aromatic rings. The molecular formula is C9H16O3. The molecule has 0 aromatic heterocycles. The van der Waals surface area contributed by atoms with Gasteiger partial charge in [-0.3, -0.25) is 0 Å². The first-order valence-electron chi connectivity index (χ1n) is 4.34. The van der Waals surface area contributed by atoms with E-state index in [0.29, 0.717) is 6.61 Å². The Morgan fingerprint density at radius 2 is 2.25 bits per heavy atom. The summed E-state index contributed by atoms with van der Waals surface area (Å²) in [5.74, 6) is 0.271. The Morgan fingerprint density at radius 1 is 1.50 bits per heavy atom. The Hall–Kier alpha value is -0.380. The SMILES string of the molecule is CCO[C@@H]1O[C@@H](CO)C=C[C@H]1C. The summed E-state index contributed by atoms with van der Waals surface area (Å²) in [4.78, 5) is 0. The van der Waals surface area contributed by atoms with Crippen LogP contribution in [0.25, 0.3) is 0 Å². The second-order valence-corrected chi connectivity index (χ2v) is 2.92. The van der Waals surface area contributed by atoms with Crippen LogP contribution in [-0.2, 0) is 9.47 Å². The van der Waals surface area contributed by atoms with Crippen LogP contribution < -0.4 is 0 Å². The van der Waals surface area contributed by atoms with Gasteiger partial charge < -0.3 is 14.6 Å². The summed E-state index contributed by atoms with van der Waals surface area (Å²) in [6.07, 6.45) is 3.50. The van der Waals surface area contributed by atoms with E-state index in [0.717, 1.165) is 0 Å². The average Bonchev–Trinajstić information content (AvgIpc) is 2.09. The van der Waals surface area contributed by atoms with Crippen LogP contribution in [-0.4, -0.2) is 30.7 Å². The average molecular weight is 172 g/mol. The Labute approximate surface area is 73.0 Å². The van der Waals surface area contributed by atoms with Gasteiger partial charge in [0.2, 0.25) is 0 Å². The highest BCUT2D eigenvalue weighted by Gasteiger charge is 2.23. The lowest BCUT2D eigenvalue weighted by atomic mass is 10.1. The molecule has 1 N–H and O–H groups in total. The molecule has 0 saturated heterocycles. The summed E-state index contributed by atoms with van der Waals surface area (Å²) in [5.41, 5.74) is 0. The van der Waals surface area contributed by atoms with Crippen molar-refractivity contribution in [2.24, 2.45) is 5.92 Å². The molecule has 1 aliphatic heterocycles. The van der Waals surface area contributed by atoms with Gasteiger partial charge in [0, 0.05) is 12.5 Å². The van der Waals surface area contributed by atoms with Crippen LogP contribution in [0.2, 0.25) is 0 Å². The molecule has 0 aliphatic carbocycles. The predicted molar refractivity (Wildman–Crippen MR) is 45.7 cm³/mol.